The molecule has 2 N–H and O–H groups in total. The van der Waals surface area contributed by atoms with E-state index >= 15 is 0 Å². The first-order valence-corrected chi connectivity index (χ1v) is 6.60. The largest absolute Gasteiger partial charge is 0.442 e. The number of nitrogen functional groups attached to an aromatic ring is 1. The van der Waals surface area contributed by atoms with Gasteiger partial charge in [-0.05, 0) is 46.4 Å². The van der Waals surface area contributed by atoms with E-state index in [2.05, 4.69) is 20.1 Å². The molecule has 0 spiro atoms. The van der Waals surface area contributed by atoms with Crippen molar-refractivity contribution in [3.05, 3.63) is 45.7 Å². The SMILES string of the molecule is Nc1nonc1-c1noc(=O)n1[C@H]1CCc2ccc(F)cc21. The summed E-state index contributed by atoms with van der Waals surface area (Å²) in [5.41, 5.74) is 7.47. The van der Waals surface area contributed by atoms with Gasteiger partial charge in [-0.3, -0.25) is 4.52 Å². The van der Waals surface area contributed by atoms with Crippen LogP contribution >= 0.6 is 0 Å². The Hall–Kier alpha value is -2.97. The first-order valence-electron chi connectivity index (χ1n) is 6.60. The summed E-state index contributed by atoms with van der Waals surface area (Å²) >= 11 is 0. The van der Waals surface area contributed by atoms with Gasteiger partial charge in [-0.25, -0.2) is 18.4 Å². The molecule has 1 aliphatic rings. The summed E-state index contributed by atoms with van der Waals surface area (Å²) in [6, 6.07) is 4.14. The standard InChI is InChI=1S/C13H10FN5O3/c14-7-3-1-6-2-4-9(8(6)5-7)19-12(18-21-13(19)20)10-11(15)17-22-16-10/h1,3,5,9H,2,4H2,(H2,15,17)/t9-/m0/s1. The van der Waals surface area contributed by atoms with Crippen molar-refractivity contribution in [1.29, 1.82) is 0 Å². The molecular weight excluding hydrogens is 293 g/mol. The fraction of sp³-hybridized carbons (Fsp3) is 0.231. The van der Waals surface area contributed by atoms with Crippen LogP contribution in [0.5, 0.6) is 0 Å². The normalized spacial score (nSPS) is 16.9. The molecule has 3 aromatic rings. The lowest BCUT2D eigenvalue weighted by Crippen LogP contribution is -2.21. The van der Waals surface area contributed by atoms with Gasteiger partial charge in [0.2, 0.25) is 5.82 Å². The minimum atomic E-state index is -0.667. The predicted octanol–water partition coefficient (Wildman–Crippen LogP) is 1.14. The number of anilines is 1. The molecule has 2 aromatic heterocycles. The molecule has 0 fully saturated rings. The second-order valence-corrected chi connectivity index (χ2v) is 5.04. The molecule has 1 aliphatic carbocycles. The Labute approximate surface area is 122 Å². The molecule has 1 atom stereocenters. The van der Waals surface area contributed by atoms with E-state index in [1.54, 1.807) is 6.07 Å². The lowest BCUT2D eigenvalue weighted by atomic mass is 10.1. The van der Waals surface area contributed by atoms with Gasteiger partial charge in [-0.1, -0.05) is 11.2 Å². The molecule has 112 valence electrons. The number of nitrogens with two attached hydrogens (primary N) is 1. The van der Waals surface area contributed by atoms with Gasteiger partial charge in [-0.15, -0.1) is 0 Å². The van der Waals surface area contributed by atoms with Crippen LogP contribution in [0.4, 0.5) is 10.2 Å². The molecule has 0 unspecified atom stereocenters. The third-order valence-corrected chi connectivity index (χ3v) is 3.83. The van der Waals surface area contributed by atoms with Gasteiger partial charge >= 0.3 is 5.76 Å². The van der Waals surface area contributed by atoms with E-state index in [1.807, 2.05) is 0 Å². The number of rotatable bonds is 2. The minimum Gasteiger partial charge on any atom is -0.379 e. The maximum Gasteiger partial charge on any atom is 0.442 e. The van der Waals surface area contributed by atoms with Crippen LogP contribution in [0.15, 0.2) is 32.1 Å². The van der Waals surface area contributed by atoms with Crippen LogP contribution in [-0.2, 0) is 6.42 Å². The summed E-state index contributed by atoms with van der Waals surface area (Å²) in [6.45, 7) is 0. The number of fused-ring (bicyclic) bond motifs is 1. The fourth-order valence-corrected chi connectivity index (χ4v) is 2.86. The van der Waals surface area contributed by atoms with E-state index in [1.165, 1.54) is 16.7 Å². The van der Waals surface area contributed by atoms with E-state index in [0.29, 0.717) is 6.42 Å². The van der Waals surface area contributed by atoms with Crippen molar-refractivity contribution < 1.29 is 13.5 Å². The highest BCUT2D eigenvalue weighted by Crippen LogP contribution is 2.36. The average molecular weight is 303 g/mol. The molecular formula is C13H10FN5O3. The summed E-state index contributed by atoms with van der Waals surface area (Å²) in [7, 11) is 0. The molecule has 0 radical (unpaired) electrons. The quantitative estimate of drug-likeness (QED) is 0.755. The van der Waals surface area contributed by atoms with E-state index in [9.17, 15) is 9.18 Å². The van der Waals surface area contributed by atoms with E-state index < -0.39 is 11.8 Å². The Morgan fingerprint density at radius 1 is 1.32 bits per heavy atom. The van der Waals surface area contributed by atoms with Crippen LogP contribution < -0.4 is 11.5 Å². The Morgan fingerprint density at radius 3 is 2.95 bits per heavy atom. The first kappa shape index (κ1) is 12.7. The van der Waals surface area contributed by atoms with Crippen LogP contribution in [0.1, 0.15) is 23.6 Å². The van der Waals surface area contributed by atoms with Crippen molar-refractivity contribution in [2.45, 2.75) is 18.9 Å². The average Bonchev–Trinajstić information content (AvgIpc) is 3.17. The zero-order valence-electron chi connectivity index (χ0n) is 11.2. The van der Waals surface area contributed by atoms with Gasteiger partial charge in [0.1, 0.15) is 5.82 Å². The monoisotopic (exact) mass is 303 g/mol. The van der Waals surface area contributed by atoms with Gasteiger partial charge in [0.15, 0.2) is 11.5 Å². The number of benzene rings is 1. The summed E-state index contributed by atoms with van der Waals surface area (Å²) in [5.74, 6) is -0.913. The maximum absolute atomic E-state index is 13.5. The van der Waals surface area contributed by atoms with Gasteiger partial charge in [0, 0.05) is 0 Å². The molecule has 0 amide bonds. The molecule has 8 nitrogen and oxygen atoms in total. The molecule has 9 heteroatoms. The lowest BCUT2D eigenvalue weighted by molar-refractivity contribution is 0.309. The highest BCUT2D eigenvalue weighted by molar-refractivity contribution is 5.62. The van der Waals surface area contributed by atoms with Crippen molar-refractivity contribution in [3.8, 4) is 11.5 Å². The van der Waals surface area contributed by atoms with Crippen molar-refractivity contribution in [2.75, 3.05) is 5.73 Å². The summed E-state index contributed by atoms with van der Waals surface area (Å²) in [5, 5.41) is 10.8. The zero-order chi connectivity index (χ0) is 15.3. The fourth-order valence-electron chi connectivity index (χ4n) is 2.86. The van der Waals surface area contributed by atoms with Crippen molar-refractivity contribution in [1.82, 2.24) is 20.0 Å². The summed E-state index contributed by atoms with van der Waals surface area (Å²) < 4.78 is 24.1. The van der Waals surface area contributed by atoms with Crippen LogP contribution in [0, 0.1) is 5.82 Å². The molecule has 1 aromatic carbocycles. The number of aryl methyl sites for hydroxylation is 1. The number of hydrogen-bond donors (Lipinski definition) is 1. The van der Waals surface area contributed by atoms with Gasteiger partial charge < -0.3 is 5.73 Å². The van der Waals surface area contributed by atoms with E-state index in [-0.39, 0.29) is 23.2 Å². The topological polar surface area (TPSA) is 113 Å². The number of halogens is 1. The van der Waals surface area contributed by atoms with Crippen LogP contribution in [-0.4, -0.2) is 20.0 Å². The van der Waals surface area contributed by atoms with E-state index in [0.717, 1.165) is 17.5 Å². The number of hydrogen-bond acceptors (Lipinski definition) is 7. The highest BCUT2D eigenvalue weighted by Gasteiger charge is 2.31. The zero-order valence-corrected chi connectivity index (χ0v) is 11.2. The molecule has 22 heavy (non-hydrogen) atoms. The Kier molecular flexibility index (Phi) is 2.62. The van der Waals surface area contributed by atoms with Crippen LogP contribution in [0.2, 0.25) is 0 Å². The molecule has 0 saturated heterocycles. The Balaban J connectivity index is 1.90. The third-order valence-electron chi connectivity index (χ3n) is 3.83. The Bertz CT molecular complexity index is 913. The number of nitrogens with zero attached hydrogens (tertiary/aromatic N) is 4. The summed E-state index contributed by atoms with van der Waals surface area (Å²) in [6.07, 6.45) is 1.35. The van der Waals surface area contributed by atoms with Crippen molar-refractivity contribution in [3.63, 3.8) is 0 Å². The van der Waals surface area contributed by atoms with Crippen molar-refractivity contribution in [2.24, 2.45) is 0 Å². The highest BCUT2D eigenvalue weighted by atomic mass is 19.1. The summed E-state index contributed by atoms with van der Waals surface area (Å²) in [4.78, 5) is 12.0. The maximum atomic E-state index is 13.5. The predicted molar refractivity (Wildman–Crippen MR) is 71.3 cm³/mol. The third kappa shape index (κ3) is 1.75. The van der Waals surface area contributed by atoms with Gasteiger partial charge in [0.25, 0.3) is 0 Å². The second kappa shape index (κ2) is 4.52. The van der Waals surface area contributed by atoms with Gasteiger partial charge in [0.05, 0.1) is 6.04 Å². The van der Waals surface area contributed by atoms with Crippen molar-refractivity contribution >= 4 is 5.82 Å². The number of aromatic nitrogens is 4. The van der Waals surface area contributed by atoms with E-state index in [4.69, 9.17) is 10.3 Å². The Morgan fingerprint density at radius 2 is 2.18 bits per heavy atom. The molecule has 0 saturated carbocycles. The van der Waals surface area contributed by atoms with Crippen LogP contribution in [0.3, 0.4) is 0 Å². The molecule has 0 bridgehead atoms. The lowest BCUT2D eigenvalue weighted by Gasteiger charge is -2.13. The van der Waals surface area contributed by atoms with Gasteiger partial charge in [-0.2, -0.15) is 0 Å². The minimum absolute atomic E-state index is 0.000451. The second-order valence-electron chi connectivity index (χ2n) is 5.04. The first-order chi connectivity index (χ1) is 10.6. The molecule has 2 heterocycles. The van der Waals surface area contributed by atoms with Crippen LogP contribution in [0.25, 0.3) is 11.5 Å². The molecule has 4 rings (SSSR count). The molecule has 0 aliphatic heterocycles. The smallest absolute Gasteiger partial charge is 0.379 e.